The number of rotatable bonds is 4. The number of halogens is 1. The first kappa shape index (κ1) is 11.4. The molecule has 0 aliphatic heterocycles. The van der Waals surface area contributed by atoms with Crippen LogP contribution in [-0.4, -0.2) is 24.1 Å². The van der Waals surface area contributed by atoms with E-state index in [1.807, 2.05) is 0 Å². The van der Waals surface area contributed by atoms with Gasteiger partial charge in [0.2, 0.25) is 0 Å². The fourth-order valence-corrected chi connectivity index (χ4v) is 1.83. The summed E-state index contributed by atoms with van der Waals surface area (Å²) in [7, 11) is 1.49. The minimum atomic E-state index is -0.924. The van der Waals surface area contributed by atoms with Crippen LogP contribution in [-0.2, 0) is 0 Å². The summed E-state index contributed by atoms with van der Waals surface area (Å²) < 4.78 is 5.08. The van der Waals surface area contributed by atoms with Crippen molar-refractivity contribution in [3.8, 4) is 5.75 Å². The standard InChI is InChI=1S/C12H13ClO3/c1-16-10-5-4-8(13)6-9(10)12(15)11(14)7-2-3-7/h4-7,11,14H,2-3H2,1H3. The maximum Gasteiger partial charge on any atom is 0.195 e. The lowest BCUT2D eigenvalue weighted by atomic mass is 10.0. The van der Waals surface area contributed by atoms with Gasteiger partial charge in [-0.1, -0.05) is 11.6 Å². The van der Waals surface area contributed by atoms with Crippen LogP contribution >= 0.6 is 11.6 Å². The molecule has 0 aromatic heterocycles. The lowest BCUT2D eigenvalue weighted by Crippen LogP contribution is -2.23. The Bertz CT molecular complexity index is 413. The van der Waals surface area contributed by atoms with Gasteiger partial charge in [0, 0.05) is 5.02 Å². The Balaban J connectivity index is 2.30. The lowest BCUT2D eigenvalue weighted by molar-refractivity contribution is 0.0701. The summed E-state index contributed by atoms with van der Waals surface area (Å²) in [6, 6.07) is 4.82. The summed E-state index contributed by atoms with van der Waals surface area (Å²) in [5.41, 5.74) is 0.356. The first-order chi connectivity index (χ1) is 7.63. The number of benzene rings is 1. The Kier molecular flexibility index (Phi) is 3.17. The van der Waals surface area contributed by atoms with Gasteiger partial charge in [-0.15, -0.1) is 0 Å². The maximum atomic E-state index is 12.0. The van der Waals surface area contributed by atoms with Crippen molar-refractivity contribution >= 4 is 17.4 Å². The summed E-state index contributed by atoms with van der Waals surface area (Å²) in [4.78, 5) is 12.0. The molecule has 3 nitrogen and oxygen atoms in total. The number of hydrogen-bond donors (Lipinski definition) is 1. The van der Waals surface area contributed by atoms with Gasteiger partial charge in [0.25, 0.3) is 0 Å². The van der Waals surface area contributed by atoms with Crippen LogP contribution in [0.2, 0.25) is 5.02 Å². The van der Waals surface area contributed by atoms with Crippen LogP contribution in [0.5, 0.6) is 5.75 Å². The number of carbonyl (C=O) groups excluding carboxylic acids is 1. The van der Waals surface area contributed by atoms with E-state index in [1.54, 1.807) is 12.1 Å². The Hall–Kier alpha value is -1.06. The van der Waals surface area contributed by atoms with Crippen LogP contribution in [0.4, 0.5) is 0 Å². The third-order valence-electron chi connectivity index (χ3n) is 2.76. The monoisotopic (exact) mass is 240 g/mol. The quantitative estimate of drug-likeness (QED) is 0.822. The van der Waals surface area contributed by atoms with E-state index in [9.17, 15) is 9.90 Å². The fraction of sp³-hybridized carbons (Fsp3) is 0.417. The van der Waals surface area contributed by atoms with Gasteiger partial charge < -0.3 is 9.84 Å². The maximum absolute atomic E-state index is 12.0. The Morgan fingerprint density at radius 1 is 1.56 bits per heavy atom. The molecule has 1 saturated carbocycles. The van der Waals surface area contributed by atoms with Crippen molar-refractivity contribution < 1.29 is 14.6 Å². The van der Waals surface area contributed by atoms with Crippen molar-refractivity contribution in [1.82, 2.24) is 0 Å². The van der Waals surface area contributed by atoms with Crippen LogP contribution < -0.4 is 4.74 Å². The molecule has 4 heteroatoms. The summed E-state index contributed by atoms with van der Waals surface area (Å²) in [6.07, 6.45) is 0.901. The van der Waals surface area contributed by atoms with E-state index in [1.165, 1.54) is 13.2 Å². The van der Waals surface area contributed by atoms with Crippen molar-refractivity contribution in [2.24, 2.45) is 5.92 Å². The predicted octanol–water partition coefficient (Wildman–Crippen LogP) is 2.30. The molecule has 1 N–H and O–H groups in total. The highest BCUT2D eigenvalue weighted by atomic mass is 35.5. The third-order valence-corrected chi connectivity index (χ3v) is 3.00. The molecular weight excluding hydrogens is 228 g/mol. The number of ether oxygens (including phenoxy) is 1. The molecule has 0 bridgehead atoms. The van der Waals surface area contributed by atoms with Crippen LogP contribution in [0.25, 0.3) is 0 Å². The minimum Gasteiger partial charge on any atom is -0.496 e. The van der Waals surface area contributed by atoms with Gasteiger partial charge in [-0.05, 0) is 37.0 Å². The molecule has 0 amide bonds. The van der Waals surface area contributed by atoms with Gasteiger partial charge in [-0.3, -0.25) is 4.79 Å². The zero-order chi connectivity index (χ0) is 11.7. The first-order valence-electron chi connectivity index (χ1n) is 5.19. The molecule has 1 aliphatic rings. The number of methoxy groups -OCH3 is 1. The van der Waals surface area contributed by atoms with E-state index >= 15 is 0 Å². The van der Waals surface area contributed by atoms with E-state index < -0.39 is 6.10 Å². The first-order valence-corrected chi connectivity index (χ1v) is 5.57. The lowest BCUT2D eigenvalue weighted by Gasteiger charge is -2.11. The Labute approximate surface area is 99.0 Å². The van der Waals surface area contributed by atoms with E-state index in [2.05, 4.69) is 0 Å². The van der Waals surface area contributed by atoms with E-state index in [-0.39, 0.29) is 11.7 Å². The largest absolute Gasteiger partial charge is 0.496 e. The number of aliphatic hydroxyl groups is 1. The Morgan fingerprint density at radius 3 is 2.81 bits per heavy atom. The van der Waals surface area contributed by atoms with Crippen LogP contribution in [0.15, 0.2) is 18.2 Å². The van der Waals surface area contributed by atoms with Crippen molar-refractivity contribution in [2.75, 3.05) is 7.11 Å². The topological polar surface area (TPSA) is 46.5 Å². The molecule has 1 unspecified atom stereocenters. The second kappa shape index (κ2) is 4.44. The second-order valence-corrected chi connectivity index (χ2v) is 4.43. The number of Topliss-reactive ketones (excluding diaryl/α,β-unsaturated/α-hetero) is 1. The summed E-state index contributed by atoms with van der Waals surface area (Å²) in [6.45, 7) is 0. The van der Waals surface area contributed by atoms with Gasteiger partial charge >= 0.3 is 0 Å². The third kappa shape index (κ3) is 2.20. The van der Waals surface area contributed by atoms with Crippen LogP contribution in [0.3, 0.4) is 0 Å². The van der Waals surface area contributed by atoms with Gasteiger partial charge in [0.15, 0.2) is 5.78 Å². The smallest absolute Gasteiger partial charge is 0.195 e. The SMILES string of the molecule is COc1ccc(Cl)cc1C(=O)C(O)C1CC1. The molecule has 86 valence electrons. The van der Waals surface area contributed by atoms with Gasteiger partial charge in [-0.2, -0.15) is 0 Å². The molecule has 1 aliphatic carbocycles. The molecule has 0 heterocycles. The van der Waals surface area contributed by atoms with Crippen molar-refractivity contribution in [3.05, 3.63) is 28.8 Å². The highest BCUT2D eigenvalue weighted by Gasteiger charge is 2.35. The van der Waals surface area contributed by atoms with Crippen molar-refractivity contribution in [2.45, 2.75) is 18.9 Å². The molecular formula is C12H13ClO3. The molecule has 16 heavy (non-hydrogen) atoms. The fourth-order valence-electron chi connectivity index (χ4n) is 1.66. The molecule has 1 fully saturated rings. The summed E-state index contributed by atoms with van der Waals surface area (Å²) >= 11 is 5.83. The predicted molar refractivity (Wildman–Crippen MR) is 61.1 cm³/mol. The molecule has 0 saturated heterocycles. The van der Waals surface area contributed by atoms with E-state index in [0.29, 0.717) is 16.3 Å². The number of aliphatic hydroxyl groups excluding tert-OH is 1. The molecule has 0 radical (unpaired) electrons. The molecule has 1 aromatic carbocycles. The average molecular weight is 241 g/mol. The molecule has 1 atom stereocenters. The van der Waals surface area contributed by atoms with Gasteiger partial charge in [0.05, 0.1) is 12.7 Å². The number of hydrogen-bond acceptors (Lipinski definition) is 3. The number of ketones is 1. The van der Waals surface area contributed by atoms with Gasteiger partial charge in [-0.25, -0.2) is 0 Å². The second-order valence-electron chi connectivity index (χ2n) is 3.99. The molecule has 1 aromatic rings. The zero-order valence-electron chi connectivity index (χ0n) is 8.94. The van der Waals surface area contributed by atoms with Crippen LogP contribution in [0.1, 0.15) is 23.2 Å². The highest BCUT2D eigenvalue weighted by molar-refractivity contribution is 6.31. The van der Waals surface area contributed by atoms with Crippen molar-refractivity contribution in [3.63, 3.8) is 0 Å². The minimum absolute atomic E-state index is 0.108. The van der Waals surface area contributed by atoms with E-state index in [0.717, 1.165) is 12.8 Å². The molecule has 0 spiro atoms. The number of carbonyl (C=O) groups is 1. The van der Waals surface area contributed by atoms with Crippen molar-refractivity contribution in [1.29, 1.82) is 0 Å². The summed E-state index contributed by atoms with van der Waals surface area (Å²) in [5.74, 6) is 0.257. The average Bonchev–Trinajstić information content (AvgIpc) is 3.11. The van der Waals surface area contributed by atoms with E-state index in [4.69, 9.17) is 16.3 Å². The van der Waals surface area contributed by atoms with Gasteiger partial charge in [0.1, 0.15) is 11.9 Å². The van der Waals surface area contributed by atoms with Crippen LogP contribution in [0, 0.1) is 5.92 Å². The normalized spacial score (nSPS) is 16.9. The summed E-state index contributed by atoms with van der Waals surface area (Å²) in [5, 5.41) is 10.2. The highest BCUT2D eigenvalue weighted by Crippen LogP contribution is 2.35. The Morgan fingerprint density at radius 2 is 2.25 bits per heavy atom. The zero-order valence-corrected chi connectivity index (χ0v) is 9.70. The molecule has 2 rings (SSSR count).